The fourth-order valence-corrected chi connectivity index (χ4v) is 4.11. The van der Waals surface area contributed by atoms with E-state index in [9.17, 15) is 18.4 Å². The maximum Gasteiger partial charge on any atom is 0.407 e. The van der Waals surface area contributed by atoms with E-state index >= 15 is 0 Å². The zero-order valence-electron chi connectivity index (χ0n) is 20.0. The van der Waals surface area contributed by atoms with Crippen molar-refractivity contribution in [3.8, 4) is 0 Å². The summed E-state index contributed by atoms with van der Waals surface area (Å²) in [4.78, 5) is 25.1. The van der Waals surface area contributed by atoms with E-state index in [4.69, 9.17) is 9.47 Å². The van der Waals surface area contributed by atoms with Gasteiger partial charge in [-0.25, -0.2) is 13.6 Å². The highest BCUT2D eigenvalue weighted by atomic mass is 19.1. The van der Waals surface area contributed by atoms with Crippen LogP contribution in [0.1, 0.15) is 72.8 Å². The Labute approximate surface area is 190 Å². The summed E-state index contributed by atoms with van der Waals surface area (Å²) in [6, 6.07) is 2.33. The third-order valence-electron chi connectivity index (χ3n) is 6.00. The van der Waals surface area contributed by atoms with Crippen LogP contribution >= 0.6 is 0 Å². The highest BCUT2D eigenvalue weighted by Crippen LogP contribution is 2.35. The highest BCUT2D eigenvalue weighted by molar-refractivity contribution is 5.73. The van der Waals surface area contributed by atoms with Gasteiger partial charge in [-0.3, -0.25) is 4.79 Å². The topological polar surface area (TPSA) is 64.6 Å². The number of carbonyl (C=O) groups excluding carboxylic acids is 2. The molecule has 1 amide bonds. The Kier molecular flexibility index (Phi) is 9.05. The van der Waals surface area contributed by atoms with Crippen molar-refractivity contribution >= 4 is 12.1 Å². The Hall–Kier alpha value is -2.18. The smallest absolute Gasteiger partial charge is 0.407 e. The van der Waals surface area contributed by atoms with Crippen molar-refractivity contribution in [3.63, 3.8) is 0 Å². The number of esters is 1. The van der Waals surface area contributed by atoms with Gasteiger partial charge in [0.25, 0.3) is 0 Å². The van der Waals surface area contributed by atoms with E-state index in [0.29, 0.717) is 11.8 Å². The second-order valence-electron chi connectivity index (χ2n) is 10.3. The molecule has 1 aromatic carbocycles. The van der Waals surface area contributed by atoms with Crippen molar-refractivity contribution in [1.29, 1.82) is 0 Å². The first-order chi connectivity index (χ1) is 14.8. The molecule has 1 fully saturated rings. The lowest BCUT2D eigenvalue weighted by Crippen LogP contribution is -2.42. The van der Waals surface area contributed by atoms with Gasteiger partial charge in [0.1, 0.15) is 23.3 Å². The molecule has 4 atom stereocenters. The van der Waals surface area contributed by atoms with Gasteiger partial charge in [0, 0.05) is 6.04 Å². The molecule has 0 radical (unpaired) electrons. The largest absolute Gasteiger partial charge is 0.462 e. The molecule has 1 saturated carbocycles. The first kappa shape index (κ1) is 26.1. The minimum atomic E-state index is -0.798. The molecule has 180 valence electrons. The second kappa shape index (κ2) is 11.1. The normalized spacial score (nSPS) is 22.3. The number of benzene rings is 1. The molecule has 0 heterocycles. The lowest BCUT2D eigenvalue weighted by atomic mass is 9.76. The van der Waals surface area contributed by atoms with Crippen LogP contribution in [-0.4, -0.2) is 29.8 Å². The van der Waals surface area contributed by atoms with Gasteiger partial charge in [0.05, 0.1) is 6.42 Å². The summed E-state index contributed by atoms with van der Waals surface area (Å²) in [5, 5.41) is 2.62. The predicted molar refractivity (Wildman–Crippen MR) is 119 cm³/mol. The Bertz CT molecular complexity index is 791. The number of rotatable bonds is 7. The standard InChI is InChI=1S/C25H37F2NO4/c1-15(2)17-8-7-16(3)22(13-17)31-23(29)14-20(28-24(30)32-25(4,5)6)12-18-11-19(26)9-10-21(18)27/h9-11,15-17,20,22H,7-8,12-14H2,1-6H3,(H,28,30)/t16-,17-,20?,22+/m0/s1. The molecule has 0 aliphatic heterocycles. The van der Waals surface area contributed by atoms with Crippen LogP contribution in [0.3, 0.4) is 0 Å². The number of hydrogen-bond acceptors (Lipinski definition) is 4. The summed E-state index contributed by atoms with van der Waals surface area (Å²) in [7, 11) is 0. The number of amides is 1. The van der Waals surface area contributed by atoms with E-state index in [2.05, 4.69) is 26.1 Å². The van der Waals surface area contributed by atoms with Crippen LogP contribution in [0.5, 0.6) is 0 Å². The number of halogens is 2. The molecule has 0 spiro atoms. The monoisotopic (exact) mass is 453 g/mol. The van der Waals surface area contributed by atoms with Gasteiger partial charge in [-0.15, -0.1) is 0 Å². The number of ether oxygens (including phenoxy) is 2. The van der Waals surface area contributed by atoms with Crippen LogP contribution < -0.4 is 5.32 Å². The van der Waals surface area contributed by atoms with Crippen molar-refractivity contribution in [2.24, 2.45) is 17.8 Å². The minimum Gasteiger partial charge on any atom is -0.462 e. The molecule has 7 heteroatoms. The summed E-state index contributed by atoms with van der Waals surface area (Å²) in [5.41, 5.74) is -0.660. The van der Waals surface area contributed by atoms with Gasteiger partial charge in [-0.2, -0.15) is 0 Å². The van der Waals surface area contributed by atoms with Gasteiger partial charge >= 0.3 is 12.1 Å². The number of carbonyl (C=O) groups is 2. The predicted octanol–water partition coefficient (Wildman–Crippen LogP) is 5.79. The molecular formula is C25H37F2NO4. The van der Waals surface area contributed by atoms with Gasteiger partial charge in [-0.05, 0) is 88.0 Å². The van der Waals surface area contributed by atoms with Gasteiger partial charge in [0.15, 0.2) is 0 Å². The third-order valence-corrected chi connectivity index (χ3v) is 6.00. The molecule has 0 bridgehead atoms. The Morgan fingerprint density at radius 3 is 2.50 bits per heavy atom. The summed E-state index contributed by atoms with van der Waals surface area (Å²) in [6.07, 6.45) is 1.79. The van der Waals surface area contributed by atoms with E-state index < -0.39 is 35.3 Å². The zero-order chi connectivity index (χ0) is 24.1. The second-order valence-corrected chi connectivity index (χ2v) is 10.3. The number of hydrogen-bond donors (Lipinski definition) is 1. The number of alkyl carbamates (subject to hydrolysis) is 1. The molecule has 5 nitrogen and oxygen atoms in total. The summed E-state index contributed by atoms with van der Waals surface area (Å²) in [6.45, 7) is 11.6. The maximum absolute atomic E-state index is 14.2. The summed E-state index contributed by atoms with van der Waals surface area (Å²) in [5.74, 6) is -0.384. The third kappa shape index (κ3) is 8.40. The average Bonchev–Trinajstić information content (AvgIpc) is 2.64. The zero-order valence-corrected chi connectivity index (χ0v) is 20.0. The van der Waals surface area contributed by atoms with Crippen LogP contribution in [-0.2, 0) is 20.7 Å². The Morgan fingerprint density at radius 2 is 1.88 bits per heavy atom. The molecule has 1 aliphatic carbocycles. The van der Waals surface area contributed by atoms with Crippen molar-refractivity contribution in [3.05, 3.63) is 35.4 Å². The van der Waals surface area contributed by atoms with Crippen molar-refractivity contribution in [1.82, 2.24) is 5.32 Å². The van der Waals surface area contributed by atoms with Crippen LogP contribution in [0.15, 0.2) is 18.2 Å². The van der Waals surface area contributed by atoms with E-state index in [1.54, 1.807) is 20.8 Å². The molecule has 0 aromatic heterocycles. The Morgan fingerprint density at radius 1 is 1.19 bits per heavy atom. The molecule has 1 N–H and O–H groups in total. The maximum atomic E-state index is 14.2. The lowest BCUT2D eigenvalue weighted by Gasteiger charge is -2.36. The molecule has 1 unspecified atom stereocenters. The summed E-state index contributed by atoms with van der Waals surface area (Å²) < 4.78 is 38.9. The first-order valence-corrected chi connectivity index (χ1v) is 11.5. The van der Waals surface area contributed by atoms with Crippen LogP contribution in [0.2, 0.25) is 0 Å². The Balaban J connectivity index is 2.09. The van der Waals surface area contributed by atoms with E-state index in [-0.39, 0.29) is 30.4 Å². The molecule has 0 saturated heterocycles. The van der Waals surface area contributed by atoms with E-state index in [1.165, 1.54) is 0 Å². The van der Waals surface area contributed by atoms with Crippen LogP contribution in [0.4, 0.5) is 13.6 Å². The van der Waals surface area contributed by atoms with Gasteiger partial charge in [-0.1, -0.05) is 20.8 Å². The highest BCUT2D eigenvalue weighted by Gasteiger charge is 2.32. The van der Waals surface area contributed by atoms with Crippen LogP contribution in [0.25, 0.3) is 0 Å². The van der Waals surface area contributed by atoms with Crippen molar-refractivity contribution in [2.75, 3.05) is 0 Å². The van der Waals surface area contributed by atoms with E-state index in [1.807, 2.05) is 0 Å². The molecule has 2 rings (SSSR count). The van der Waals surface area contributed by atoms with E-state index in [0.717, 1.165) is 37.5 Å². The van der Waals surface area contributed by atoms with Crippen molar-refractivity contribution in [2.45, 2.75) is 91.4 Å². The molecule has 32 heavy (non-hydrogen) atoms. The summed E-state index contributed by atoms with van der Waals surface area (Å²) >= 11 is 0. The fourth-order valence-electron chi connectivity index (χ4n) is 4.11. The fraction of sp³-hybridized carbons (Fsp3) is 0.680. The quantitative estimate of drug-likeness (QED) is 0.531. The molecular weight excluding hydrogens is 416 g/mol. The lowest BCUT2D eigenvalue weighted by molar-refractivity contribution is -0.155. The van der Waals surface area contributed by atoms with Crippen molar-refractivity contribution < 1.29 is 27.8 Å². The molecule has 1 aliphatic rings. The minimum absolute atomic E-state index is 0.0627. The SMILES string of the molecule is CC(C)[C@H]1CC[C@H](C)[C@H](OC(=O)CC(Cc2cc(F)ccc2F)NC(=O)OC(C)(C)C)C1. The van der Waals surface area contributed by atoms with Gasteiger partial charge < -0.3 is 14.8 Å². The average molecular weight is 454 g/mol. The van der Waals surface area contributed by atoms with Crippen LogP contribution in [0, 0.1) is 29.4 Å². The van der Waals surface area contributed by atoms with Gasteiger partial charge in [0.2, 0.25) is 0 Å². The first-order valence-electron chi connectivity index (χ1n) is 11.5. The number of nitrogens with one attached hydrogen (secondary N) is 1. The molecule has 1 aromatic rings.